The lowest BCUT2D eigenvalue weighted by atomic mass is 10.1. The molecular formula is C22H21ClN4O4S. The number of aromatic nitrogens is 1. The molecule has 0 aliphatic carbocycles. The number of amides is 2. The van der Waals surface area contributed by atoms with Gasteiger partial charge in [0.05, 0.1) is 22.7 Å². The third kappa shape index (κ3) is 5.91. The fraction of sp³-hybridized carbons (Fsp3) is 0.136. The molecule has 1 heterocycles. The minimum atomic E-state index is -3.88. The van der Waals surface area contributed by atoms with Crippen LogP contribution < -0.4 is 10.6 Å². The average molecular weight is 473 g/mol. The van der Waals surface area contributed by atoms with Gasteiger partial charge in [0.1, 0.15) is 0 Å². The Morgan fingerprint density at radius 2 is 1.75 bits per heavy atom. The molecule has 166 valence electrons. The molecule has 0 atom stereocenters. The van der Waals surface area contributed by atoms with Gasteiger partial charge in [0.15, 0.2) is 0 Å². The average Bonchev–Trinajstić information content (AvgIpc) is 2.78. The monoisotopic (exact) mass is 472 g/mol. The maximum absolute atomic E-state index is 12.7. The lowest BCUT2D eigenvalue weighted by molar-refractivity contribution is -0.116. The van der Waals surface area contributed by atoms with E-state index in [1.807, 2.05) is 6.07 Å². The molecule has 2 amide bonds. The quantitative estimate of drug-likeness (QED) is 0.524. The van der Waals surface area contributed by atoms with E-state index in [-0.39, 0.29) is 28.6 Å². The lowest BCUT2D eigenvalue weighted by Crippen LogP contribution is -2.35. The molecule has 2 N–H and O–H groups in total. The van der Waals surface area contributed by atoms with Gasteiger partial charge in [0.2, 0.25) is 15.9 Å². The number of para-hydroxylation sites is 1. The predicted octanol–water partition coefficient (Wildman–Crippen LogP) is 2.92. The van der Waals surface area contributed by atoms with Crippen LogP contribution in [0.4, 0.5) is 5.69 Å². The Hall–Kier alpha value is -3.27. The fourth-order valence-corrected chi connectivity index (χ4v) is 4.09. The van der Waals surface area contributed by atoms with Crippen LogP contribution in [0, 0.1) is 0 Å². The van der Waals surface area contributed by atoms with Crippen molar-refractivity contribution in [2.45, 2.75) is 11.4 Å². The number of hydrogen-bond donors (Lipinski definition) is 2. The van der Waals surface area contributed by atoms with Gasteiger partial charge in [0, 0.05) is 31.0 Å². The first kappa shape index (κ1) is 23.4. The van der Waals surface area contributed by atoms with Crippen LogP contribution in [0.25, 0.3) is 0 Å². The maximum Gasteiger partial charge on any atom is 0.253 e. The normalized spacial score (nSPS) is 11.2. The topological polar surface area (TPSA) is 108 Å². The van der Waals surface area contributed by atoms with E-state index < -0.39 is 22.5 Å². The van der Waals surface area contributed by atoms with Gasteiger partial charge < -0.3 is 10.6 Å². The molecule has 10 heteroatoms. The molecule has 0 unspecified atom stereocenters. The van der Waals surface area contributed by atoms with Gasteiger partial charge in [0.25, 0.3) is 5.91 Å². The predicted molar refractivity (Wildman–Crippen MR) is 122 cm³/mol. The zero-order valence-electron chi connectivity index (χ0n) is 17.2. The van der Waals surface area contributed by atoms with Gasteiger partial charge in [-0.2, -0.15) is 4.31 Å². The van der Waals surface area contributed by atoms with E-state index in [2.05, 4.69) is 15.6 Å². The molecule has 32 heavy (non-hydrogen) atoms. The van der Waals surface area contributed by atoms with Gasteiger partial charge in [-0.25, -0.2) is 8.42 Å². The van der Waals surface area contributed by atoms with Gasteiger partial charge in [-0.1, -0.05) is 29.8 Å². The van der Waals surface area contributed by atoms with Crippen LogP contribution in [-0.4, -0.2) is 43.1 Å². The minimum absolute atomic E-state index is 0.0207. The van der Waals surface area contributed by atoms with Crippen molar-refractivity contribution in [1.29, 1.82) is 0 Å². The number of benzene rings is 2. The molecule has 3 rings (SSSR count). The third-order valence-electron chi connectivity index (χ3n) is 4.51. The highest BCUT2D eigenvalue weighted by atomic mass is 35.5. The van der Waals surface area contributed by atoms with Crippen molar-refractivity contribution in [3.05, 3.63) is 89.2 Å². The van der Waals surface area contributed by atoms with Crippen molar-refractivity contribution >= 4 is 39.1 Å². The van der Waals surface area contributed by atoms with E-state index in [1.54, 1.807) is 42.7 Å². The largest absolute Gasteiger partial charge is 0.348 e. The molecule has 0 radical (unpaired) electrons. The van der Waals surface area contributed by atoms with Crippen LogP contribution in [0.2, 0.25) is 5.02 Å². The number of nitrogens with one attached hydrogen (secondary N) is 2. The van der Waals surface area contributed by atoms with Crippen molar-refractivity contribution < 1.29 is 18.0 Å². The second kappa shape index (κ2) is 10.4. The molecule has 0 saturated carbocycles. The van der Waals surface area contributed by atoms with E-state index >= 15 is 0 Å². The van der Waals surface area contributed by atoms with Crippen molar-refractivity contribution in [1.82, 2.24) is 14.6 Å². The lowest BCUT2D eigenvalue weighted by Gasteiger charge is -2.18. The van der Waals surface area contributed by atoms with E-state index in [9.17, 15) is 18.0 Å². The highest BCUT2D eigenvalue weighted by Crippen LogP contribution is 2.18. The third-order valence-corrected chi connectivity index (χ3v) is 6.58. The number of rotatable bonds is 8. The van der Waals surface area contributed by atoms with Crippen molar-refractivity contribution in [2.24, 2.45) is 0 Å². The first-order chi connectivity index (χ1) is 15.3. The van der Waals surface area contributed by atoms with Crippen LogP contribution in [0.3, 0.4) is 0 Å². The number of carbonyl (C=O) groups is 2. The summed E-state index contributed by atoms with van der Waals surface area (Å²) in [5.41, 5.74) is 1.36. The first-order valence-corrected chi connectivity index (χ1v) is 11.4. The summed E-state index contributed by atoms with van der Waals surface area (Å²) in [5.74, 6) is -0.968. The smallest absolute Gasteiger partial charge is 0.253 e. The Morgan fingerprint density at radius 1 is 1.03 bits per heavy atom. The minimum Gasteiger partial charge on any atom is -0.348 e. The fourth-order valence-electron chi connectivity index (χ4n) is 2.83. The second-order valence-electron chi connectivity index (χ2n) is 6.85. The Labute approximate surface area is 191 Å². The number of nitrogens with zero attached hydrogens (tertiary/aromatic N) is 2. The highest BCUT2D eigenvalue weighted by Gasteiger charge is 2.23. The van der Waals surface area contributed by atoms with Crippen LogP contribution in [0.15, 0.2) is 78.0 Å². The number of anilines is 1. The summed E-state index contributed by atoms with van der Waals surface area (Å²) in [6, 6.07) is 15.7. The molecule has 1 aromatic heterocycles. The number of sulfonamides is 1. The molecule has 0 aliphatic heterocycles. The summed E-state index contributed by atoms with van der Waals surface area (Å²) >= 11 is 5.81. The van der Waals surface area contributed by atoms with Crippen LogP contribution in [0.1, 0.15) is 15.9 Å². The van der Waals surface area contributed by atoms with E-state index in [0.29, 0.717) is 5.02 Å². The Balaban J connectivity index is 1.66. The summed E-state index contributed by atoms with van der Waals surface area (Å²) in [7, 11) is -2.58. The molecule has 0 bridgehead atoms. The van der Waals surface area contributed by atoms with Gasteiger partial charge in [-0.05, 0) is 48.0 Å². The molecule has 8 nitrogen and oxygen atoms in total. The van der Waals surface area contributed by atoms with Crippen molar-refractivity contribution in [3.63, 3.8) is 0 Å². The Bertz CT molecular complexity index is 1200. The number of pyridine rings is 1. The Morgan fingerprint density at radius 3 is 2.44 bits per heavy atom. The van der Waals surface area contributed by atoms with E-state index in [0.717, 1.165) is 9.87 Å². The molecule has 2 aromatic carbocycles. The number of carbonyl (C=O) groups excluding carboxylic acids is 2. The second-order valence-corrected chi connectivity index (χ2v) is 9.33. The summed E-state index contributed by atoms with van der Waals surface area (Å²) in [4.78, 5) is 29.2. The van der Waals surface area contributed by atoms with Gasteiger partial charge >= 0.3 is 0 Å². The zero-order valence-corrected chi connectivity index (χ0v) is 18.7. The van der Waals surface area contributed by atoms with Crippen molar-refractivity contribution in [3.8, 4) is 0 Å². The zero-order chi connectivity index (χ0) is 23.1. The highest BCUT2D eigenvalue weighted by molar-refractivity contribution is 7.89. The summed E-state index contributed by atoms with van der Waals surface area (Å²) in [6.45, 7) is -0.159. The Kier molecular flexibility index (Phi) is 7.57. The number of halogens is 1. The molecule has 0 fully saturated rings. The standard InChI is InChI=1S/C22H21ClN4O4S/c1-27(32(30,31)18-10-8-17(23)9-11-18)15-21(28)26-20-7-3-2-6-19(20)22(29)25-14-16-5-4-12-24-13-16/h2-13H,14-15H2,1H3,(H,25,29)(H,26,28). The maximum atomic E-state index is 12.7. The van der Waals surface area contributed by atoms with Crippen LogP contribution in [0.5, 0.6) is 0 Å². The molecule has 0 aliphatic rings. The molecule has 0 spiro atoms. The molecular weight excluding hydrogens is 452 g/mol. The molecule has 0 saturated heterocycles. The summed E-state index contributed by atoms with van der Waals surface area (Å²) < 4.78 is 26.2. The number of hydrogen-bond acceptors (Lipinski definition) is 5. The van der Waals surface area contributed by atoms with Gasteiger partial charge in [-0.15, -0.1) is 0 Å². The van der Waals surface area contributed by atoms with Gasteiger partial charge in [-0.3, -0.25) is 14.6 Å². The summed E-state index contributed by atoms with van der Waals surface area (Å²) in [5, 5.41) is 5.79. The van der Waals surface area contributed by atoms with Crippen LogP contribution >= 0.6 is 11.6 Å². The van der Waals surface area contributed by atoms with E-state index in [1.165, 1.54) is 31.3 Å². The number of likely N-dealkylation sites (N-methyl/N-ethyl adjacent to an activating group) is 1. The van der Waals surface area contributed by atoms with E-state index in [4.69, 9.17) is 11.6 Å². The first-order valence-electron chi connectivity index (χ1n) is 9.55. The van der Waals surface area contributed by atoms with Crippen molar-refractivity contribution in [2.75, 3.05) is 18.9 Å². The summed E-state index contributed by atoms with van der Waals surface area (Å²) in [6.07, 6.45) is 3.28. The van der Waals surface area contributed by atoms with Crippen LogP contribution in [-0.2, 0) is 21.4 Å². The SMILES string of the molecule is CN(CC(=O)Nc1ccccc1C(=O)NCc1cccnc1)S(=O)(=O)c1ccc(Cl)cc1. The molecule has 3 aromatic rings.